The lowest BCUT2D eigenvalue weighted by molar-refractivity contribution is -0.142. The third-order valence-corrected chi connectivity index (χ3v) is 3.68. The molecule has 0 fully saturated rings. The number of hydrogen-bond donors (Lipinski definition) is 2. The molecule has 0 bridgehead atoms. The lowest BCUT2D eigenvalue weighted by atomic mass is 9.86. The van der Waals surface area contributed by atoms with Crippen LogP contribution in [0.15, 0.2) is 22.7 Å². The molecule has 0 aliphatic heterocycles. The second kappa shape index (κ2) is 5.74. The van der Waals surface area contributed by atoms with Crippen molar-refractivity contribution in [3.63, 3.8) is 0 Å². The van der Waals surface area contributed by atoms with Crippen molar-refractivity contribution in [2.75, 3.05) is 0 Å². The van der Waals surface area contributed by atoms with Gasteiger partial charge < -0.3 is 10.4 Å². The van der Waals surface area contributed by atoms with Gasteiger partial charge in [0.05, 0.1) is 0 Å². The van der Waals surface area contributed by atoms with Crippen LogP contribution in [-0.2, 0) is 4.79 Å². The van der Waals surface area contributed by atoms with Crippen LogP contribution in [0, 0.1) is 12.3 Å². The van der Waals surface area contributed by atoms with E-state index >= 15 is 0 Å². The van der Waals surface area contributed by atoms with Gasteiger partial charge in [-0.15, -0.1) is 0 Å². The van der Waals surface area contributed by atoms with Crippen LogP contribution in [0.25, 0.3) is 0 Å². The summed E-state index contributed by atoms with van der Waals surface area (Å²) in [6.07, 6.45) is 0. The fourth-order valence-corrected chi connectivity index (χ4v) is 1.98. The summed E-state index contributed by atoms with van der Waals surface area (Å²) in [5, 5.41) is 11.7. The minimum Gasteiger partial charge on any atom is -0.480 e. The molecule has 0 aliphatic rings. The monoisotopic (exact) mass is 327 g/mol. The number of benzene rings is 1. The summed E-state index contributed by atoms with van der Waals surface area (Å²) < 4.78 is 0.822. The summed E-state index contributed by atoms with van der Waals surface area (Å²) in [6, 6.07) is 4.25. The first-order chi connectivity index (χ1) is 8.62. The highest BCUT2D eigenvalue weighted by atomic mass is 79.9. The summed E-state index contributed by atoms with van der Waals surface area (Å²) in [5.41, 5.74) is 0.902. The van der Waals surface area contributed by atoms with E-state index in [0.717, 1.165) is 10.0 Å². The Labute approximate surface area is 121 Å². The molecule has 19 heavy (non-hydrogen) atoms. The predicted molar refractivity (Wildman–Crippen MR) is 77.2 cm³/mol. The lowest BCUT2D eigenvalue weighted by Crippen LogP contribution is -2.49. The fourth-order valence-electron chi connectivity index (χ4n) is 1.60. The predicted octanol–water partition coefficient (Wildman–Crippen LogP) is 2.99. The highest BCUT2D eigenvalue weighted by molar-refractivity contribution is 9.10. The van der Waals surface area contributed by atoms with Crippen LogP contribution in [0.4, 0.5) is 0 Å². The topological polar surface area (TPSA) is 66.4 Å². The second-order valence-corrected chi connectivity index (χ2v) is 6.43. The zero-order chi connectivity index (χ0) is 14.8. The van der Waals surface area contributed by atoms with Gasteiger partial charge >= 0.3 is 5.97 Å². The lowest BCUT2D eigenvalue weighted by Gasteiger charge is -2.27. The minimum absolute atomic E-state index is 0.386. The Kier molecular flexibility index (Phi) is 4.74. The second-order valence-electron chi connectivity index (χ2n) is 5.57. The molecule has 1 aromatic rings. The van der Waals surface area contributed by atoms with E-state index in [0.29, 0.717) is 5.56 Å². The first-order valence-electron chi connectivity index (χ1n) is 5.92. The molecule has 0 aliphatic carbocycles. The van der Waals surface area contributed by atoms with Gasteiger partial charge in [0.2, 0.25) is 0 Å². The molecule has 0 aromatic heterocycles. The van der Waals surface area contributed by atoms with Gasteiger partial charge in [-0.3, -0.25) is 4.79 Å². The Bertz CT molecular complexity index is 506. The molecule has 2 N–H and O–H groups in total. The number of nitrogens with one attached hydrogen (secondary N) is 1. The van der Waals surface area contributed by atoms with Crippen LogP contribution in [0.2, 0.25) is 0 Å². The molecule has 1 atom stereocenters. The van der Waals surface area contributed by atoms with E-state index in [1.165, 1.54) is 0 Å². The average Bonchev–Trinajstić information content (AvgIpc) is 2.27. The number of carboxylic acid groups (broad SMARTS) is 1. The molecule has 104 valence electrons. The van der Waals surface area contributed by atoms with Gasteiger partial charge in [0.25, 0.3) is 5.91 Å². The van der Waals surface area contributed by atoms with Crippen LogP contribution in [0.5, 0.6) is 0 Å². The molecule has 0 radical (unpaired) electrons. The number of carboxylic acids is 1. The van der Waals surface area contributed by atoms with Gasteiger partial charge in [0.1, 0.15) is 6.04 Å². The largest absolute Gasteiger partial charge is 0.480 e. The summed E-state index contributed by atoms with van der Waals surface area (Å²) >= 11 is 3.35. The molecular formula is C14H18BrNO3. The molecule has 1 aromatic carbocycles. The summed E-state index contributed by atoms with van der Waals surface area (Å²) in [5.74, 6) is -1.42. The molecule has 0 unspecified atom stereocenters. The standard InChI is InChI=1S/C14H18BrNO3/c1-8-5-6-9(7-10(8)15)12(17)16-11(13(18)19)14(2,3)4/h5-7,11H,1-4H3,(H,16,17)(H,18,19)/t11-/m0/s1. The Balaban J connectivity index is 2.94. The zero-order valence-electron chi connectivity index (χ0n) is 11.5. The normalized spacial score (nSPS) is 12.9. The van der Waals surface area contributed by atoms with Gasteiger partial charge in [-0.2, -0.15) is 0 Å². The van der Waals surface area contributed by atoms with E-state index in [1.807, 2.05) is 13.0 Å². The van der Waals surface area contributed by atoms with E-state index < -0.39 is 17.4 Å². The number of rotatable bonds is 3. The number of amides is 1. The maximum Gasteiger partial charge on any atom is 0.326 e. The van der Waals surface area contributed by atoms with Gasteiger partial charge in [-0.25, -0.2) is 4.79 Å². The first kappa shape index (κ1) is 15.7. The Morgan fingerprint density at radius 3 is 2.32 bits per heavy atom. The van der Waals surface area contributed by atoms with E-state index in [9.17, 15) is 14.7 Å². The van der Waals surface area contributed by atoms with Crippen LogP contribution in [-0.4, -0.2) is 23.0 Å². The molecule has 0 heterocycles. The van der Waals surface area contributed by atoms with Gasteiger partial charge in [-0.05, 0) is 30.0 Å². The quantitative estimate of drug-likeness (QED) is 0.896. The van der Waals surface area contributed by atoms with Crippen molar-refractivity contribution in [2.45, 2.75) is 33.7 Å². The molecule has 4 nitrogen and oxygen atoms in total. The number of aliphatic carboxylic acids is 1. The third kappa shape index (κ3) is 4.06. The van der Waals surface area contributed by atoms with Crippen LogP contribution in [0.1, 0.15) is 36.7 Å². The van der Waals surface area contributed by atoms with Crippen molar-refractivity contribution in [3.8, 4) is 0 Å². The van der Waals surface area contributed by atoms with Gasteiger partial charge in [0.15, 0.2) is 0 Å². The molecule has 0 saturated heterocycles. The Morgan fingerprint density at radius 2 is 1.89 bits per heavy atom. The molecular weight excluding hydrogens is 310 g/mol. The maximum atomic E-state index is 12.1. The highest BCUT2D eigenvalue weighted by Crippen LogP contribution is 2.21. The number of aryl methyl sites for hydroxylation is 1. The molecule has 0 spiro atoms. The van der Waals surface area contributed by atoms with E-state index in [1.54, 1.807) is 32.9 Å². The van der Waals surface area contributed by atoms with Crippen molar-refractivity contribution in [1.82, 2.24) is 5.32 Å². The van der Waals surface area contributed by atoms with Gasteiger partial charge in [0, 0.05) is 10.0 Å². The molecule has 1 rings (SSSR count). The van der Waals surface area contributed by atoms with Gasteiger partial charge in [-0.1, -0.05) is 42.8 Å². The van der Waals surface area contributed by atoms with E-state index in [2.05, 4.69) is 21.2 Å². The van der Waals surface area contributed by atoms with Crippen molar-refractivity contribution < 1.29 is 14.7 Å². The molecule has 0 saturated carbocycles. The van der Waals surface area contributed by atoms with Crippen molar-refractivity contribution in [1.29, 1.82) is 0 Å². The van der Waals surface area contributed by atoms with Crippen molar-refractivity contribution >= 4 is 27.8 Å². The fraction of sp³-hybridized carbons (Fsp3) is 0.429. The van der Waals surface area contributed by atoms with Crippen LogP contribution < -0.4 is 5.32 Å². The van der Waals surface area contributed by atoms with Crippen molar-refractivity contribution in [3.05, 3.63) is 33.8 Å². The van der Waals surface area contributed by atoms with E-state index in [-0.39, 0.29) is 5.91 Å². The maximum absolute atomic E-state index is 12.1. The summed E-state index contributed by atoms with van der Waals surface area (Å²) in [7, 11) is 0. The Morgan fingerprint density at radius 1 is 1.32 bits per heavy atom. The molecule has 1 amide bonds. The highest BCUT2D eigenvalue weighted by Gasteiger charge is 2.32. The van der Waals surface area contributed by atoms with Crippen LogP contribution >= 0.6 is 15.9 Å². The summed E-state index contributed by atoms with van der Waals surface area (Å²) in [4.78, 5) is 23.3. The Hall–Kier alpha value is -1.36. The average molecular weight is 328 g/mol. The van der Waals surface area contributed by atoms with Crippen LogP contribution in [0.3, 0.4) is 0 Å². The number of halogens is 1. The zero-order valence-corrected chi connectivity index (χ0v) is 13.0. The third-order valence-electron chi connectivity index (χ3n) is 2.82. The first-order valence-corrected chi connectivity index (χ1v) is 6.72. The number of carbonyl (C=O) groups is 2. The number of carbonyl (C=O) groups excluding carboxylic acids is 1. The smallest absolute Gasteiger partial charge is 0.326 e. The SMILES string of the molecule is Cc1ccc(C(=O)N[C@@H](C(=O)O)C(C)(C)C)cc1Br. The summed E-state index contributed by atoms with van der Waals surface area (Å²) in [6.45, 7) is 7.24. The van der Waals surface area contributed by atoms with E-state index in [4.69, 9.17) is 0 Å². The number of hydrogen-bond acceptors (Lipinski definition) is 2. The minimum atomic E-state index is -1.04. The van der Waals surface area contributed by atoms with Crippen molar-refractivity contribution in [2.24, 2.45) is 5.41 Å². The molecule has 5 heteroatoms.